The van der Waals surface area contributed by atoms with Crippen LogP contribution in [-0.2, 0) is 25.4 Å². The lowest BCUT2D eigenvalue weighted by atomic mass is 9.82. The Kier molecular flexibility index (Phi) is 8.67. The van der Waals surface area contributed by atoms with Gasteiger partial charge in [-0.2, -0.15) is 0 Å². The van der Waals surface area contributed by atoms with Gasteiger partial charge in [0, 0.05) is 0 Å². The molecule has 2 heterocycles. The first-order valence-corrected chi connectivity index (χ1v) is 14.0. The predicted octanol–water partition coefficient (Wildman–Crippen LogP) is 5.96. The Morgan fingerprint density at radius 1 is 0.919 bits per heavy atom. The Bertz CT molecular complexity index is 1020. The molecule has 2 saturated heterocycles. The molecular weight excluding hydrogens is 468 g/mol. The average Bonchev–Trinajstić information content (AvgIpc) is 3.86. The Morgan fingerprint density at radius 2 is 1.59 bits per heavy atom. The Balaban J connectivity index is 1.08. The van der Waals surface area contributed by atoms with Gasteiger partial charge in [0.15, 0.2) is 0 Å². The van der Waals surface area contributed by atoms with Crippen molar-refractivity contribution in [3.63, 3.8) is 0 Å². The summed E-state index contributed by atoms with van der Waals surface area (Å²) in [6, 6.07) is 14.8. The lowest BCUT2D eigenvalue weighted by molar-refractivity contribution is -0.151. The minimum Gasteiger partial charge on any atom is -0.491 e. The van der Waals surface area contributed by atoms with Gasteiger partial charge in [0.25, 0.3) is 0 Å². The third-order valence-corrected chi connectivity index (χ3v) is 7.83. The molecule has 3 unspecified atom stereocenters. The molecule has 0 spiro atoms. The highest BCUT2D eigenvalue weighted by molar-refractivity contribution is 5.71. The van der Waals surface area contributed by atoms with Gasteiger partial charge in [-0.05, 0) is 85.3 Å². The SMILES string of the molecule is CCc1cc(C(CC)CC(=O)OC2CCC(c3ccc(OCC4CO4)cc3)CC2)ccc1OCC1CO1. The molecule has 0 N–H and O–H groups in total. The van der Waals surface area contributed by atoms with Crippen molar-refractivity contribution in [3.05, 3.63) is 59.2 Å². The molecule has 2 aromatic carbocycles. The van der Waals surface area contributed by atoms with Gasteiger partial charge in [0.2, 0.25) is 0 Å². The zero-order chi connectivity index (χ0) is 25.6. The first kappa shape index (κ1) is 26.1. The predicted molar refractivity (Wildman–Crippen MR) is 141 cm³/mol. The van der Waals surface area contributed by atoms with Crippen LogP contribution in [-0.4, -0.2) is 50.7 Å². The molecule has 3 aliphatic rings. The largest absolute Gasteiger partial charge is 0.491 e. The average molecular weight is 509 g/mol. The van der Waals surface area contributed by atoms with Crippen LogP contribution in [0.4, 0.5) is 0 Å². The summed E-state index contributed by atoms with van der Waals surface area (Å²) in [6.07, 6.45) is 6.66. The Hall–Kier alpha value is -2.57. The van der Waals surface area contributed by atoms with Gasteiger partial charge >= 0.3 is 5.97 Å². The van der Waals surface area contributed by atoms with Gasteiger partial charge in [-0.25, -0.2) is 0 Å². The molecule has 1 saturated carbocycles. The van der Waals surface area contributed by atoms with Gasteiger partial charge in [-0.1, -0.05) is 38.1 Å². The van der Waals surface area contributed by atoms with E-state index in [0.29, 0.717) is 25.6 Å². The minimum absolute atomic E-state index is 0.0222. The summed E-state index contributed by atoms with van der Waals surface area (Å²) in [5.74, 6) is 2.40. The molecule has 2 aromatic rings. The summed E-state index contributed by atoms with van der Waals surface area (Å²) >= 11 is 0. The van der Waals surface area contributed by atoms with E-state index in [0.717, 1.165) is 63.2 Å². The Morgan fingerprint density at radius 3 is 2.22 bits per heavy atom. The zero-order valence-electron chi connectivity index (χ0n) is 22.2. The van der Waals surface area contributed by atoms with Crippen molar-refractivity contribution in [3.8, 4) is 11.5 Å². The fourth-order valence-corrected chi connectivity index (χ4v) is 5.25. The van der Waals surface area contributed by atoms with Crippen LogP contribution in [0.5, 0.6) is 11.5 Å². The summed E-state index contributed by atoms with van der Waals surface area (Å²) in [7, 11) is 0. The number of ether oxygens (including phenoxy) is 5. The molecule has 5 rings (SSSR count). The number of rotatable bonds is 13. The normalized spacial score (nSPS) is 25.2. The van der Waals surface area contributed by atoms with E-state index in [-0.39, 0.29) is 30.2 Å². The van der Waals surface area contributed by atoms with Crippen molar-refractivity contribution in [2.24, 2.45) is 0 Å². The number of esters is 1. The molecule has 200 valence electrons. The molecule has 2 aliphatic heterocycles. The van der Waals surface area contributed by atoms with E-state index in [1.54, 1.807) is 0 Å². The van der Waals surface area contributed by atoms with Gasteiger partial charge in [-0.15, -0.1) is 0 Å². The highest BCUT2D eigenvalue weighted by Crippen LogP contribution is 2.36. The molecule has 1 aliphatic carbocycles. The molecule has 6 heteroatoms. The maximum absolute atomic E-state index is 12.9. The molecule has 3 atom stereocenters. The molecule has 0 radical (unpaired) electrons. The maximum Gasteiger partial charge on any atom is 0.306 e. The van der Waals surface area contributed by atoms with Crippen LogP contribution in [0.3, 0.4) is 0 Å². The molecule has 3 fully saturated rings. The first-order chi connectivity index (χ1) is 18.1. The van der Waals surface area contributed by atoms with E-state index in [1.807, 2.05) is 6.07 Å². The summed E-state index contributed by atoms with van der Waals surface area (Å²) in [5, 5.41) is 0. The van der Waals surface area contributed by atoms with E-state index in [1.165, 1.54) is 16.7 Å². The molecule has 37 heavy (non-hydrogen) atoms. The van der Waals surface area contributed by atoms with Gasteiger partial charge < -0.3 is 23.7 Å². The summed E-state index contributed by atoms with van der Waals surface area (Å²) in [4.78, 5) is 12.9. The number of epoxide rings is 2. The van der Waals surface area contributed by atoms with Gasteiger partial charge in [0.05, 0.1) is 19.6 Å². The summed E-state index contributed by atoms with van der Waals surface area (Å²) in [5.41, 5.74) is 3.71. The van der Waals surface area contributed by atoms with Gasteiger partial charge in [0.1, 0.15) is 43.0 Å². The van der Waals surface area contributed by atoms with E-state index in [9.17, 15) is 4.79 Å². The van der Waals surface area contributed by atoms with E-state index < -0.39 is 0 Å². The number of carbonyl (C=O) groups is 1. The molecule has 6 nitrogen and oxygen atoms in total. The van der Waals surface area contributed by atoms with Crippen molar-refractivity contribution in [1.29, 1.82) is 0 Å². The van der Waals surface area contributed by atoms with Crippen LogP contribution >= 0.6 is 0 Å². The highest BCUT2D eigenvalue weighted by Gasteiger charge is 2.27. The molecule has 0 aromatic heterocycles. The number of carbonyl (C=O) groups excluding carboxylic acids is 1. The molecule has 0 amide bonds. The van der Waals surface area contributed by atoms with Crippen molar-refractivity contribution < 1.29 is 28.5 Å². The number of hydrogen-bond acceptors (Lipinski definition) is 6. The van der Waals surface area contributed by atoms with E-state index in [4.69, 9.17) is 23.7 Å². The molecule has 0 bridgehead atoms. The highest BCUT2D eigenvalue weighted by atomic mass is 16.6. The van der Waals surface area contributed by atoms with Crippen LogP contribution in [0.15, 0.2) is 42.5 Å². The van der Waals surface area contributed by atoms with Crippen LogP contribution in [0.25, 0.3) is 0 Å². The number of benzene rings is 2. The third-order valence-electron chi connectivity index (χ3n) is 7.83. The van der Waals surface area contributed by atoms with Crippen molar-refractivity contribution in [2.45, 2.75) is 88.9 Å². The standard InChI is InChI=1S/C31H40O6/c1-3-21(25-9-14-30(22(4-2)15-25)36-20-29-19-35-29)16-31(32)37-27-12-7-24(8-13-27)23-5-10-26(11-6-23)33-17-28-18-34-28/h5-6,9-11,14-15,21,24,27-29H,3-4,7-8,12-13,16-20H2,1-2H3. The van der Waals surface area contributed by atoms with Crippen LogP contribution in [0.2, 0.25) is 0 Å². The van der Waals surface area contributed by atoms with Crippen molar-refractivity contribution >= 4 is 5.97 Å². The van der Waals surface area contributed by atoms with Crippen LogP contribution < -0.4 is 9.47 Å². The monoisotopic (exact) mass is 508 g/mol. The number of aryl methyl sites for hydroxylation is 1. The quantitative estimate of drug-likeness (QED) is 0.246. The lowest BCUT2D eigenvalue weighted by Gasteiger charge is -2.29. The molecular formula is C31H40O6. The maximum atomic E-state index is 12.9. The van der Waals surface area contributed by atoms with Crippen molar-refractivity contribution in [2.75, 3.05) is 26.4 Å². The fourth-order valence-electron chi connectivity index (χ4n) is 5.25. The first-order valence-electron chi connectivity index (χ1n) is 14.0. The van der Waals surface area contributed by atoms with Gasteiger partial charge in [-0.3, -0.25) is 4.79 Å². The lowest BCUT2D eigenvalue weighted by Crippen LogP contribution is -2.24. The smallest absolute Gasteiger partial charge is 0.306 e. The fraction of sp³-hybridized carbons (Fsp3) is 0.581. The number of hydrogen-bond donors (Lipinski definition) is 0. The van der Waals surface area contributed by atoms with E-state index >= 15 is 0 Å². The summed E-state index contributed by atoms with van der Waals surface area (Å²) < 4.78 is 28.1. The second-order valence-corrected chi connectivity index (χ2v) is 10.6. The van der Waals surface area contributed by atoms with Crippen molar-refractivity contribution in [1.82, 2.24) is 0 Å². The second-order valence-electron chi connectivity index (χ2n) is 10.6. The third kappa shape index (κ3) is 7.48. The topological polar surface area (TPSA) is 69.8 Å². The second kappa shape index (κ2) is 12.3. The summed E-state index contributed by atoms with van der Waals surface area (Å²) in [6.45, 7) is 7.11. The van der Waals surface area contributed by atoms with E-state index in [2.05, 4.69) is 50.2 Å². The van der Waals surface area contributed by atoms with Crippen LogP contribution in [0, 0.1) is 0 Å². The minimum atomic E-state index is -0.0827. The Labute approximate surface area is 220 Å². The zero-order valence-corrected chi connectivity index (χ0v) is 22.2. The van der Waals surface area contributed by atoms with Crippen LogP contribution in [0.1, 0.15) is 80.9 Å².